The lowest BCUT2D eigenvalue weighted by Gasteiger charge is -2.40. The van der Waals surface area contributed by atoms with Crippen LogP contribution in [-0.2, 0) is 0 Å². The van der Waals surface area contributed by atoms with Gasteiger partial charge in [-0.3, -0.25) is 14.5 Å². The number of rotatable bonds is 12. The number of benzene rings is 3. The summed E-state index contributed by atoms with van der Waals surface area (Å²) in [5.74, 6) is 3.01. The average molecular weight is 594 g/mol. The predicted octanol–water partition coefficient (Wildman–Crippen LogP) is 9.75. The molecule has 0 N–H and O–H groups in total. The Labute approximate surface area is 264 Å². The molecule has 3 aromatic carbocycles. The van der Waals surface area contributed by atoms with Gasteiger partial charge < -0.3 is 4.90 Å². The molecule has 44 heavy (non-hydrogen) atoms. The number of carbonyl (C=O) groups excluding carboxylic acids is 2. The van der Waals surface area contributed by atoms with Crippen molar-refractivity contribution in [2.24, 2.45) is 40.0 Å². The van der Waals surface area contributed by atoms with Crippen LogP contribution in [0.25, 0.3) is 10.8 Å². The fourth-order valence-corrected chi connectivity index (χ4v) is 7.75. The van der Waals surface area contributed by atoms with E-state index >= 15 is 0 Å². The van der Waals surface area contributed by atoms with Gasteiger partial charge in [0.25, 0.3) is 11.8 Å². The Morgan fingerprint density at radius 2 is 1.61 bits per heavy atom. The standard InChI is InChI=1S/C39H51N3O2/c1-10-27(26(7)25(5)6)22-41(23-30(11-2)39(8,9)21-24(3)4)37(43)29-18-19-31-32(20-29)36-40-33-16-12-14-28-15-13-17-34(35(28)33)42(36)38(31)44/h12-20,24-27,30H,10-11,21-23H2,1-9H3. The smallest absolute Gasteiger partial charge is 0.264 e. The summed E-state index contributed by atoms with van der Waals surface area (Å²) < 4.78 is 0. The zero-order valence-corrected chi connectivity index (χ0v) is 28.3. The third kappa shape index (κ3) is 5.82. The fraction of sp³-hybridized carbons (Fsp3) is 0.513. The van der Waals surface area contributed by atoms with Gasteiger partial charge in [0.05, 0.1) is 16.9 Å². The van der Waals surface area contributed by atoms with E-state index in [-0.39, 0.29) is 17.2 Å². The molecule has 5 rings (SSSR count). The van der Waals surface area contributed by atoms with Crippen molar-refractivity contribution in [3.8, 4) is 0 Å². The molecular formula is C39H51N3O2. The van der Waals surface area contributed by atoms with Crippen molar-refractivity contribution < 1.29 is 9.59 Å². The number of hydrogen-bond acceptors (Lipinski definition) is 3. The fourth-order valence-electron chi connectivity index (χ4n) is 7.75. The first-order valence-electron chi connectivity index (χ1n) is 16.8. The first-order valence-corrected chi connectivity index (χ1v) is 16.8. The largest absolute Gasteiger partial charge is 0.338 e. The molecule has 0 fully saturated rings. The summed E-state index contributed by atoms with van der Waals surface area (Å²) in [6.45, 7) is 22.2. The van der Waals surface area contributed by atoms with Crippen LogP contribution in [0, 0.1) is 35.0 Å². The normalized spacial score (nSPS) is 16.2. The SMILES string of the molecule is CCC(CN(CC(CC)C(C)(C)CC(C)C)C(=O)c1ccc2c(c1)C1=Nc3cccc4cccc(c34)N1C2=O)C(C)C(C)C. The number of nitrogens with zero attached hydrogens (tertiary/aromatic N) is 3. The third-order valence-electron chi connectivity index (χ3n) is 10.5. The van der Waals surface area contributed by atoms with Crippen LogP contribution < -0.4 is 4.90 Å². The van der Waals surface area contributed by atoms with Crippen LogP contribution in [0.4, 0.5) is 11.4 Å². The maximum absolute atomic E-state index is 14.6. The van der Waals surface area contributed by atoms with Crippen LogP contribution in [0.3, 0.4) is 0 Å². The molecule has 0 aliphatic carbocycles. The molecule has 0 saturated carbocycles. The van der Waals surface area contributed by atoms with E-state index in [2.05, 4.69) is 79.3 Å². The van der Waals surface area contributed by atoms with E-state index in [4.69, 9.17) is 4.99 Å². The van der Waals surface area contributed by atoms with Crippen LogP contribution in [-0.4, -0.2) is 35.6 Å². The highest BCUT2D eigenvalue weighted by molar-refractivity contribution is 6.40. The van der Waals surface area contributed by atoms with Crippen LogP contribution >= 0.6 is 0 Å². The highest BCUT2D eigenvalue weighted by Crippen LogP contribution is 2.43. The summed E-state index contributed by atoms with van der Waals surface area (Å²) in [6, 6.07) is 17.7. The van der Waals surface area contributed by atoms with Crippen molar-refractivity contribution in [2.45, 2.75) is 81.6 Å². The zero-order valence-electron chi connectivity index (χ0n) is 28.3. The Kier molecular flexibility index (Phi) is 9.07. The molecule has 5 nitrogen and oxygen atoms in total. The van der Waals surface area contributed by atoms with Crippen LogP contribution in [0.1, 0.15) is 108 Å². The van der Waals surface area contributed by atoms with Gasteiger partial charge in [-0.25, -0.2) is 4.99 Å². The minimum Gasteiger partial charge on any atom is -0.338 e. The van der Waals surface area contributed by atoms with Crippen molar-refractivity contribution in [2.75, 3.05) is 18.0 Å². The lowest BCUT2D eigenvalue weighted by atomic mass is 9.71. The molecule has 234 valence electrons. The zero-order chi connectivity index (χ0) is 31.9. The van der Waals surface area contributed by atoms with Crippen LogP contribution in [0.5, 0.6) is 0 Å². The van der Waals surface area contributed by atoms with Gasteiger partial charge >= 0.3 is 0 Å². The van der Waals surface area contributed by atoms with E-state index < -0.39 is 0 Å². The molecule has 0 aromatic heterocycles. The molecule has 0 radical (unpaired) electrons. The first kappa shape index (κ1) is 31.9. The second kappa shape index (κ2) is 12.5. The molecule has 3 unspecified atom stereocenters. The van der Waals surface area contributed by atoms with E-state index in [1.165, 1.54) is 0 Å². The quantitative estimate of drug-likeness (QED) is 0.210. The van der Waals surface area contributed by atoms with Crippen LogP contribution in [0.15, 0.2) is 59.6 Å². The number of aliphatic imine (C=N–C) groups is 1. The number of amidine groups is 1. The summed E-state index contributed by atoms with van der Waals surface area (Å²) in [7, 11) is 0. The van der Waals surface area contributed by atoms with Gasteiger partial charge in [0.2, 0.25) is 0 Å². The predicted molar refractivity (Wildman–Crippen MR) is 184 cm³/mol. The maximum atomic E-state index is 14.6. The molecule has 5 heteroatoms. The van der Waals surface area contributed by atoms with Crippen molar-refractivity contribution in [3.63, 3.8) is 0 Å². The molecule has 0 saturated heterocycles. The molecule has 3 atom stereocenters. The maximum Gasteiger partial charge on any atom is 0.264 e. The molecule has 2 aliphatic heterocycles. The summed E-state index contributed by atoms with van der Waals surface area (Å²) in [5, 5.41) is 2.05. The molecule has 0 spiro atoms. The number of hydrogen-bond donors (Lipinski definition) is 0. The molecule has 2 heterocycles. The van der Waals surface area contributed by atoms with E-state index in [9.17, 15) is 9.59 Å². The Bertz CT molecular complexity index is 1580. The summed E-state index contributed by atoms with van der Waals surface area (Å²) in [5.41, 5.74) is 3.79. The summed E-state index contributed by atoms with van der Waals surface area (Å²) in [6.07, 6.45) is 3.18. The van der Waals surface area contributed by atoms with Gasteiger partial charge in [0.15, 0.2) is 0 Å². The monoisotopic (exact) mass is 593 g/mol. The Hall–Kier alpha value is -3.47. The first-order chi connectivity index (χ1) is 20.9. The van der Waals surface area contributed by atoms with Crippen LogP contribution in [0.2, 0.25) is 0 Å². The van der Waals surface area contributed by atoms with E-state index in [1.54, 1.807) is 4.90 Å². The van der Waals surface area contributed by atoms with E-state index in [0.717, 1.165) is 60.1 Å². The Morgan fingerprint density at radius 3 is 2.25 bits per heavy atom. The van der Waals surface area contributed by atoms with Gasteiger partial charge in [-0.05, 0) is 77.1 Å². The lowest BCUT2D eigenvalue weighted by molar-refractivity contribution is 0.0543. The third-order valence-corrected chi connectivity index (χ3v) is 10.5. The molecule has 2 amide bonds. The van der Waals surface area contributed by atoms with E-state index in [1.807, 2.05) is 42.5 Å². The molecule has 0 bridgehead atoms. The van der Waals surface area contributed by atoms with Gasteiger partial charge in [-0.1, -0.05) is 99.4 Å². The van der Waals surface area contributed by atoms with Gasteiger partial charge in [-0.15, -0.1) is 0 Å². The second-order valence-corrected chi connectivity index (χ2v) is 14.7. The minimum absolute atomic E-state index is 0.0470. The molecule has 2 aliphatic rings. The van der Waals surface area contributed by atoms with Gasteiger partial charge in [0, 0.05) is 29.6 Å². The number of amides is 2. The van der Waals surface area contributed by atoms with Crippen molar-refractivity contribution in [1.29, 1.82) is 0 Å². The van der Waals surface area contributed by atoms with E-state index in [0.29, 0.717) is 46.6 Å². The number of anilines is 1. The average Bonchev–Trinajstić information content (AvgIpc) is 3.27. The number of carbonyl (C=O) groups is 2. The van der Waals surface area contributed by atoms with Gasteiger partial charge in [-0.2, -0.15) is 0 Å². The van der Waals surface area contributed by atoms with Gasteiger partial charge in [0.1, 0.15) is 5.84 Å². The van der Waals surface area contributed by atoms with Crippen molar-refractivity contribution >= 4 is 39.8 Å². The summed E-state index contributed by atoms with van der Waals surface area (Å²) in [4.78, 5) is 37.2. The molecule has 3 aromatic rings. The topological polar surface area (TPSA) is 53.0 Å². The highest BCUT2D eigenvalue weighted by Gasteiger charge is 2.39. The molecular weight excluding hydrogens is 542 g/mol. The highest BCUT2D eigenvalue weighted by atomic mass is 16.2. The second-order valence-electron chi connectivity index (χ2n) is 14.7. The summed E-state index contributed by atoms with van der Waals surface area (Å²) >= 11 is 0. The lowest BCUT2D eigenvalue weighted by Crippen LogP contribution is -2.44. The minimum atomic E-state index is -0.0881. The Morgan fingerprint density at radius 1 is 0.909 bits per heavy atom. The number of fused-ring (bicyclic) bond motifs is 4. The van der Waals surface area contributed by atoms with Crippen molar-refractivity contribution in [1.82, 2.24) is 4.90 Å². The van der Waals surface area contributed by atoms with Crippen molar-refractivity contribution in [3.05, 3.63) is 71.3 Å². The Balaban J connectivity index is 1.53.